The maximum atomic E-state index is 11.9. The minimum Gasteiger partial charge on any atom is -0.350 e. The van der Waals surface area contributed by atoms with Gasteiger partial charge < -0.3 is 15.2 Å². The molecule has 7 heteroatoms. The molecule has 21 heavy (non-hydrogen) atoms. The van der Waals surface area contributed by atoms with Crippen LogP contribution in [0.1, 0.15) is 17.5 Å². The SMILES string of the molecule is CNC(C)CNC(=O)c1cc(-c2cccc(Cl)c2)no1.Cl. The number of amides is 1. The Morgan fingerprint density at radius 2 is 2.19 bits per heavy atom. The van der Waals surface area contributed by atoms with Gasteiger partial charge in [-0.25, -0.2) is 0 Å². The van der Waals surface area contributed by atoms with Crippen LogP contribution in [0.2, 0.25) is 5.02 Å². The van der Waals surface area contributed by atoms with E-state index >= 15 is 0 Å². The number of nitrogens with one attached hydrogen (secondary N) is 2. The largest absolute Gasteiger partial charge is 0.350 e. The normalized spacial score (nSPS) is 11.6. The minimum absolute atomic E-state index is 0. The van der Waals surface area contributed by atoms with E-state index in [-0.39, 0.29) is 30.1 Å². The molecule has 1 aromatic carbocycles. The van der Waals surface area contributed by atoms with E-state index in [4.69, 9.17) is 16.1 Å². The van der Waals surface area contributed by atoms with Gasteiger partial charge in [0.25, 0.3) is 5.91 Å². The van der Waals surface area contributed by atoms with Crippen molar-refractivity contribution in [3.8, 4) is 11.3 Å². The minimum atomic E-state index is -0.284. The molecule has 1 heterocycles. The van der Waals surface area contributed by atoms with Crippen LogP contribution in [0.3, 0.4) is 0 Å². The standard InChI is InChI=1S/C14H16ClN3O2.ClH/c1-9(16-2)8-17-14(19)13-7-12(18-20-13)10-4-3-5-11(15)6-10;/h3-7,9,16H,8H2,1-2H3,(H,17,19);1H. The van der Waals surface area contributed by atoms with Crippen LogP contribution in [0.25, 0.3) is 11.3 Å². The molecule has 2 rings (SSSR count). The van der Waals surface area contributed by atoms with Crippen LogP contribution in [0.15, 0.2) is 34.9 Å². The Hall–Kier alpha value is -1.56. The zero-order valence-electron chi connectivity index (χ0n) is 11.7. The van der Waals surface area contributed by atoms with Crippen molar-refractivity contribution in [2.24, 2.45) is 0 Å². The van der Waals surface area contributed by atoms with Crippen molar-refractivity contribution in [1.82, 2.24) is 15.8 Å². The molecule has 0 fully saturated rings. The molecular formula is C14H17Cl2N3O2. The van der Waals surface area contributed by atoms with Crippen molar-refractivity contribution in [2.75, 3.05) is 13.6 Å². The van der Waals surface area contributed by atoms with E-state index in [1.165, 1.54) is 0 Å². The van der Waals surface area contributed by atoms with Crippen LogP contribution >= 0.6 is 24.0 Å². The van der Waals surface area contributed by atoms with Crippen LogP contribution in [0, 0.1) is 0 Å². The van der Waals surface area contributed by atoms with Gasteiger partial charge in [-0.3, -0.25) is 4.79 Å². The molecule has 0 bridgehead atoms. The van der Waals surface area contributed by atoms with Crippen molar-refractivity contribution in [2.45, 2.75) is 13.0 Å². The quantitative estimate of drug-likeness (QED) is 0.885. The number of carbonyl (C=O) groups is 1. The molecule has 0 radical (unpaired) electrons. The van der Waals surface area contributed by atoms with Gasteiger partial charge in [-0.2, -0.15) is 0 Å². The lowest BCUT2D eigenvalue weighted by molar-refractivity contribution is 0.0913. The first-order valence-corrected chi connectivity index (χ1v) is 6.66. The molecule has 1 amide bonds. The van der Waals surface area contributed by atoms with Gasteiger partial charge >= 0.3 is 0 Å². The van der Waals surface area contributed by atoms with Crippen LogP contribution in [-0.2, 0) is 0 Å². The highest BCUT2D eigenvalue weighted by Gasteiger charge is 2.14. The molecule has 0 spiro atoms. The third-order valence-corrected chi connectivity index (χ3v) is 3.15. The summed E-state index contributed by atoms with van der Waals surface area (Å²) in [6.07, 6.45) is 0. The molecule has 1 unspecified atom stereocenters. The summed E-state index contributed by atoms with van der Waals surface area (Å²) < 4.78 is 5.06. The van der Waals surface area contributed by atoms with Crippen LogP contribution < -0.4 is 10.6 Å². The summed E-state index contributed by atoms with van der Waals surface area (Å²) in [4.78, 5) is 11.9. The molecule has 1 aromatic heterocycles. The van der Waals surface area contributed by atoms with Gasteiger partial charge in [0.15, 0.2) is 0 Å². The number of rotatable bonds is 5. The maximum absolute atomic E-state index is 11.9. The molecular weight excluding hydrogens is 313 g/mol. The fourth-order valence-corrected chi connectivity index (χ4v) is 1.79. The van der Waals surface area contributed by atoms with Crippen LogP contribution in [0.5, 0.6) is 0 Å². The fraction of sp³-hybridized carbons (Fsp3) is 0.286. The molecule has 1 atom stereocenters. The smallest absolute Gasteiger partial charge is 0.289 e. The Morgan fingerprint density at radius 1 is 1.43 bits per heavy atom. The first kappa shape index (κ1) is 17.5. The van der Waals surface area contributed by atoms with Crippen molar-refractivity contribution in [1.29, 1.82) is 0 Å². The third kappa shape index (κ3) is 4.74. The fourth-order valence-electron chi connectivity index (χ4n) is 1.60. The Kier molecular flexibility index (Phi) is 6.68. The van der Waals surface area contributed by atoms with Crippen molar-refractivity contribution in [3.63, 3.8) is 0 Å². The Morgan fingerprint density at radius 3 is 2.86 bits per heavy atom. The number of aromatic nitrogens is 1. The highest BCUT2D eigenvalue weighted by molar-refractivity contribution is 6.30. The number of hydrogen-bond donors (Lipinski definition) is 2. The topological polar surface area (TPSA) is 67.2 Å². The van der Waals surface area contributed by atoms with E-state index in [2.05, 4.69) is 15.8 Å². The molecule has 0 saturated carbocycles. The second kappa shape index (κ2) is 8.02. The summed E-state index contributed by atoms with van der Waals surface area (Å²) >= 11 is 5.92. The summed E-state index contributed by atoms with van der Waals surface area (Å²) in [6.45, 7) is 2.49. The van der Waals surface area contributed by atoms with Gasteiger partial charge in [-0.15, -0.1) is 12.4 Å². The summed E-state index contributed by atoms with van der Waals surface area (Å²) in [7, 11) is 1.84. The molecule has 0 aliphatic carbocycles. The lowest BCUT2D eigenvalue weighted by atomic mass is 10.1. The predicted octanol–water partition coefficient (Wildman–Crippen LogP) is 2.75. The average molecular weight is 330 g/mol. The van der Waals surface area contributed by atoms with Crippen molar-refractivity contribution < 1.29 is 9.32 Å². The molecule has 0 aliphatic heterocycles. The second-order valence-corrected chi connectivity index (χ2v) is 4.92. The van der Waals surface area contributed by atoms with Gasteiger partial charge in [0, 0.05) is 29.2 Å². The Balaban J connectivity index is 0.00000220. The van der Waals surface area contributed by atoms with E-state index in [1.54, 1.807) is 18.2 Å². The Labute approximate surface area is 134 Å². The second-order valence-electron chi connectivity index (χ2n) is 4.49. The van der Waals surface area contributed by atoms with Gasteiger partial charge in [-0.05, 0) is 26.1 Å². The van der Waals surface area contributed by atoms with Crippen molar-refractivity contribution in [3.05, 3.63) is 41.1 Å². The summed E-state index contributed by atoms with van der Waals surface area (Å²) in [6, 6.07) is 9.01. The number of halogens is 2. The van der Waals surface area contributed by atoms with Gasteiger partial charge in [0.05, 0.1) is 0 Å². The molecule has 2 aromatic rings. The third-order valence-electron chi connectivity index (χ3n) is 2.92. The molecule has 0 aliphatic rings. The highest BCUT2D eigenvalue weighted by atomic mass is 35.5. The Bertz CT molecular complexity index is 601. The van der Waals surface area contributed by atoms with Gasteiger partial charge in [0.1, 0.15) is 5.69 Å². The summed E-state index contributed by atoms with van der Waals surface area (Å²) in [5, 5.41) is 10.3. The van der Waals surface area contributed by atoms with Gasteiger partial charge in [0.2, 0.25) is 5.76 Å². The number of carbonyl (C=O) groups excluding carboxylic acids is 1. The van der Waals surface area contributed by atoms with E-state index in [0.29, 0.717) is 17.3 Å². The molecule has 0 saturated heterocycles. The monoisotopic (exact) mass is 329 g/mol. The lowest BCUT2D eigenvalue weighted by Crippen LogP contribution is -2.37. The number of hydrogen-bond acceptors (Lipinski definition) is 4. The summed E-state index contributed by atoms with van der Waals surface area (Å²) in [5.74, 6) is -0.101. The average Bonchev–Trinajstić information content (AvgIpc) is 2.94. The van der Waals surface area contributed by atoms with E-state index in [1.807, 2.05) is 26.1 Å². The van der Waals surface area contributed by atoms with Crippen LogP contribution in [-0.4, -0.2) is 30.7 Å². The van der Waals surface area contributed by atoms with Crippen LogP contribution in [0.4, 0.5) is 0 Å². The molecule has 5 nitrogen and oxygen atoms in total. The first-order chi connectivity index (χ1) is 9.60. The van der Waals surface area contributed by atoms with E-state index in [9.17, 15) is 4.79 Å². The predicted molar refractivity (Wildman–Crippen MR) is 85.1 cm³/mol. The molecule has 114 valence electrons. The van der Waals surface area contributed by atoms with Crippen molar-refractivity contribution >= 4 is 29.9 Å². The zero-order valence-corrected chi connectivity index (χ0v) is 13.3. The number of likely N-dealkylation sites (N-methyl/N-ethyl adjacent to an activating group) is 1. The number of benzene rings is 1. The molecule has 2 N–H and O–H groups in total. The maximum Gasteiger partial charge on any atom is 0.289 e. The summed E-state index contributed by atoms with van der Waals surface area (Å²) in [5.41, 5.74) is 1.39. The van der Waals surface area contributed by atoms with E-state index in [0.717, 1.165) is 5.56 Å². The zero-order chi connectivity index (χ0) is 14.5. The van der Waals surface area contributed by atoms with Gasteiger partial charge in [-0.1, -0.05) is 28.9 Å². The number of nitrogens with zero attached hydrogens (tertiary/aromatic N) is 1. The van der Waals surface area contributed by atoms with E-state index < -0.39 is 0 Å². The first-order valence-electron chi connectivity index (χ1n) is 6.28. The highest BCUT2D eigenvalue weighted by Crippen LogP contribution is 2.22. The lowest BCUT2D eigenvalue weighted by Gasteiger charge is -2.09.